The van der Waals surface area contributed by atoms with E-state index >= 15 is 0 Å². The van der Waals surface area contributed by atoms with Crippen LogP contribution in [-0.4, -0.2) is 59.8 Å². The highest BCUT2D eigenvalue weighted by atomic mass is 19.1. The van der Waals surface area contributed by atoms with Crippen molar-refractivity contribution in [2.24, 2.45) is 0 Å². The Labute approximate surface area is 204 Å². The second kappa shape index (κ2) is 10.0. The summed E-state index contributed by atoms with van der Waals surface area (Å²) < 4.78 is 13.8. The molecule has 2 aromatic rings. The molecule has 2 unspecified atom stereocenters. The van der Waals surface area contributed by atoms with Gasteiger partial charge in [0.25, 0.3) is 11.8 Å². The van der Waals surface area contributed by atoms with E-state index in [0.29, 0.717) is 51.9 Å². The van der Waals surface area contributed by atoms with Crippen LogP contribution in [0.4, 0.5) is 10.1 Å². The van der Waals surface area contributed by atoms with Gasteiger partial charge in [-0.3, -0.25) is 14.4 Å². The third-order valence-electron chi connectivity index (χ3n) is 6.95. The van der Waals surface area contributed by atoms with Crippen LogP contribution in [0.15, 0.2) is 18.2 Å². The van der Waals surface area contributed by atoms with Gasteiger partial charge < -0.3 is 25.8 Å². The lowest BCUT2D eigenvalue weighted by atomic mass is 10.0. The summed E-state index contributed by atoms with van der Waals surface area (Å²) in [6.07, 6.45) is 4.84. The molecule has 0 saturated carbocycles. The molecule has 0 aliphatic carbocycles. The van der Waals surface area contributed by atoms with Gasteiger partial charge in [-0.15, -0.1) is 0 Å². The number of H-pyrrole nitrogens is 1. The van der Waals surface area contributed by atoms with Crippen LogP contribution in [0.3, 0.4) is 0 Å². The molecule has 4 rings (SSSR count). The average Bonchev–Trinajstić information content (AvgIpc) is 3.43. The first kappa shape index (κ1) is 24.7. The summed E-state index contributed by atoms with van der Waals surface area (Å²) in [7, 11) is 2.10. The van der Waals surface area contributed by atoms with Crippen molar-refractivity contribution in [2.45, 2.75) is 52.1 Å². The smallest absolute Gasteiger partial charge is 0.256 e. The number of hydrogen-bond acceptors (Lipinski definition) is 4. The minimum Gasteiger partial charge on any atom is -0.358 e. The van der Waals surface area contributed by atoms with Gasteiger partial charge in [0, 0.05) is 35.2 Å². The molecule has 4 N–H and O–H groups in total. The number of hydrogen-bond donors (Lipinski definition) is 4. The first-order valence-corrected chi connectivity index (χ1v) is 12.0. The van der Waals surface area contributed by atoms with Crippen molar-refractivity contribution < 1.29 is 18.8 Å². The van der Waals surface area contributed by atoms with E-state index in [1.54, 1.807) is 26.8 Å². The summed E-state index contributed by atoms with van der Waals surface area (Å²) in [5.74, 6) is -1.37. The van der Waals surface area contributed by atoms with E-state index in [-0.39, 0.29) is 17.7 Å². The van der Waals surface area contributed by atoms with E-state index < -0.39 is 11.9 Å². The molecule has 1 fully saturated rings. The molecule has 1 aromatic heterocycles. The van der Waals surface area contributed by atoms with Gasteiger partial charge in [-0.25, -0.2) is 4.39 Å². The summed E-state index contributed by atoms with van der Waals surface area (Å²) in [4.78, 5) is 43.4. The SMILES string of the molecule is Cc1[nH]c(/C=C2\C(=O)Nc3ccc(F)cc32)c(C)c1C(=O)NC(C)C(=O)NCCC1CCCN1C. The standard InChI is InChI=1S/C26H32FN5O3/c1-14-22(13-20-19-12-17(27)7-8-21(19)31-25(20)34)29-15(2)23(14)26(35)30-16(3)24(33)28-10-9-18-6-5-11-32(18)4/h7-8,12-13,16,18,29H,5-6,9-11H2,1-4H3,(H,28,33)(H,30,35)(H,31,34)/b20-13-. The fourth-order valence-electron chi connectivity index (χ4n) is 4.90. The van der Waals surface area contributed by atoms with E-state index in [4.69, 9.17) is 0 Å². The Morgan fingerprint density at radius 2 is 2.09 bits per heavy atom. The average molecular weight is 482 g/mol. The zero-order chi connectivity index (χ0) is 25.3. The van der Waals surface area contributed by atoms with Crippen LogP contribution >= 0.6 is 0 Å². The number of carbonyl (C=O) groups excluding carboxylic acids is 3. The van der Waals surface area contributed by atoms with E-state index in [1.165, 1.54) is 24.6 Å². The van der Waals surface area contributed by atoms with Crippen LogP contribution in [0.25, 0.3) is 11.6 Å². The molecule has 186 valence electrons. The molecule has 2 atom stereocenters. The molecule has 35 heavy (non-hydrogen) atoms. The maximum atomic E-state index is 13.8. The normalized spacial score (nSPS) is 19.5. The van der Waals surface area contributed by atoms with Crippen LogP contribution in [0.2, 0.25) is 0 Å². The van der Waals surface area contributed by atoms with E-state index in [1.807, 2.05) is 0 Å². The van der Waals surface area contributed by atoms with Crippen molar-refractivity contribution >= 4 is 35.1 Å². The third kappa shape index (κ3) is 5.14. The maximum Gasteiger partial charge on any atom is 0.256 e. The highest BCUT2D eigenvalue weighted by Crippen LogP contribution is 2.34. The zero-order valence-electron chi connectivity index (χ0n) is 20.5. The number of nitrogens with zero attached hydrogens (tertiary/aromatic N) is 1. The Morgan fingerprint density at radius 1 is 1.31 bits per heavy atom. The third-order valence-corrected chi connectivity index (χ3v) is 6.95. The van der Waals surface area contributed by atoms with Crippen LogP contribution in [0.5, 0.6) is 0 Å². The fourth-order valence-corrected chi connectivity index (χ4v) is 4.90. The maximum absolute atomic E-state index is 13.8. The number of rotatable bonds is 7. The molecule has 3 heterocycles. The van der Waals surface area contributed by atoms with Gasteiger partial charge in [-0.05, 0) is 83.5 Å². The second-order valence-corrected chi connectivity index (χ2v) is 9.42. The topological polar surface area (TPSA) is 106 Å². The summed E-state index contributed by atoms with van der Waals surface area (Å²) in [5, 5.41) is 8.41. The number of nitrogens with one attached hydrogen (secondary N) is 4. The molecule has 8 nitrogen and oxygen atoms in total. The van der Waals surface area contributed by atoms with Gasteiger partial charge in [-0.1, -0.05) is 0 Å². The monoisotopic (exact) mass is 481 g/mol. The Morgan fingerprint density at radius 3 is 2.80 bits per heavy atom. The van der Waals surface area contributed by atoms with Crippen molar-refractivity contribution in [1.82, 2.24) is 20.5 Å². The fraction of sp³-hybridized carbons (Fsp3) is 0.423. The summed E-state index contributed by atoms with van der Waals surface area (Å²) in [6, 6.07) is 3.91. The summed E-state index contributed by atoms with van der Waals surface area (Å²) >= 11 is 0. The van der Waals surface area contributed by atoms with Gasteiger partial charge in [-0.2, -0.15) is 0 Å². The zero-order valence-corrected chi connectivity index (χ0v) is 20.5. The highest BCUT2D eigenvalue weighted by molar-refractivity contribution is 6.34. The van der Waals surface area contributed by atoms with Crippen molar-refractivity contribution in [2.75, 3.05) is 25.5 Å². The molecule has 3 amide bonds. The number of benzene rings is 1. The van der Waals surface area contributed by atoms with Crippen molar-refractivity contribution in [3.8, 4) is 0 Å². The highest BCUT2D eigenvalue weighted by Gasteiger charge is 2.27. The van der Waals surface area contributed by atoms with Crippen LogP contribution < -0.4 is 16.0 Å². The summed E-state index contributed by atoms with van der Waals surface area (Å²) in [6.45, 7) is 6.84. The largest absolute Gasteiger partial charge is 0.358 e. The number of amides is 3. The number of anilines is 1. The van der Waals surface area contributed by atoms with E-state index in [2.05, 4.69) is 32.9 Å². The first-order valence-electron chi connectivity index (χ1n) is 12.0. The molecule has 9 heteroatoms. The lowest BCUT2D eigenvalue weighted by Crippen LogP contribution is -2.45. The van der Waals surface area contributed by atoms with Gasteiger partial charge >= 0.3 is 0 Å². The molecule has 0 bridgehead atoms. The van der Waals surface area contributed by atoms with E-state index in [0.717, 1.165) is 19.4 Å². The molecule has 1 aromatic carbocycles. The molecular weight excluding hydrogens is 449 g/mol. The number of carbonyl (C=O) groups is 3. The van der Waals surface area contributed by atoms with Crippen LogP contribution in [0.1, 0.15) is 59.1 Å². The van der Waals surface area contributed by atoms with Crippen LogP contribution in [0, 0.1) is 19.7 Å². The summed E-state index contributed by atoms with van der Waals surface area (Å²) in [5.41, 5.74) is 3.58. The molecule has 0 radical (unpaired) electrons. The molecule has 1 saturated heterocycles. The second-order valence-electron chi connectivity index (χ2n) is 9.42. The quantitative estimate of drug-likeness (QED) is 0.456. The Bertz CT molecular complexity index is 1200. The molecular formula is C26H32FN5O3. The number of aromatic amines is 1. The Balaban J connectivity index is 1.43. The lowest BCUT2D eigenvalue weighted by Gasteiger charge is -2.20. The van der Waals surface area contributed by atoms with Crippen molar-refractivity contribution in [3.63, 3.8) is 0 Å². The number of likely N-dealkylation sites (tertiary alicyclic amines) is 1. The van der Waals surface area contributed by atoms with Crippen molar-refractivity contribution in [1.29, 1.82) is 0 Å². The lowest BCUT2D eigenvalue weighted by molar-refractivity contribution is -0.122. The Hall–Kier alpha value is -3.46. The van der Waals surface area contributed by atoms with Crippen LogP contribution in [-0.2, 0) is 9.59 Å². The number of aryl methyl sites for hydroxylation is 1. The predicted octanol–water partition coefficient (Wildman–Crippen LogP) is 2.98. The molecule has 2 aliphatic heterocycles. The molecule has 2 aliphatic rings. The number of aromatic nitrogens is 1. The van der Waals surface area contributed by atoms with Gasteiger partial charge in [0.2, 0.25) is 5.91 Å². The minimum atomic E-state index is -0.699. The minimum absolute atomic E-state index is 0.228. The predicted molar refractivity (Wildman–Crippen MR) is 133 cm³/mol. The number of halogens is 1. The Kier molecular flexibility index (Phi) is 7.07. The van der Waals surface area contributed by atoms with Crippen molar-refractivity contribution in [3.05, 3.63) is 52.1 Å². The van der Waals surface area contributed by atoms with E-state index in [9.17, 15) is 18.8 Å². The van der Waals surface area contributed by atoms with Gasteiger partial charge in [0.15, 0.2) is 0 Å². The number of fused-ring (bicyclic) bond motifs is 1. The molecule has 0 spiro atoms. The van der Waals surface area contributed by atoms with Gasteiger partial charge in [0.05, 0.1) is 11.1 Å². The first-order chi connectivity index (χ1) is 16.7. The van der Waals surface area contributed by atoms with Gasteiger partial charge in [0.1, 0.15) is 11.9 Å².